The summed E-state index contributed by atoms with van der Waals surface area (Å²) in [6, 6.07) is 4.94. The van der Waals surface area contributed by atoms with Gasteiger partial charge >= 0.3 is 0 Å². The summed E-state index contributed by atoms with van der Waals surface area (Å²) in [7, 11) is -3.60. The second-order valence-corrected chi connectivity index (χ2v) is 10.0. The van der Waals surface area contributed by atoms with E-state index in [4.69, 9.17) is 9.15 Å². The Balaban J connectivity index is 1.61. The Bertz CT molecular complexity index is 1010. The second kappa shape index (κ2) is 8.08. The number of ether oxygens (including phenoxy) is 1. The highest BCUT2D eigenvalue weighted by atomic mass is 32.2. The molecule has 8 heteroatoms. The first-order valence-electron chi connectivity index (χ1n) is 10.3. The number of nitrogens with zero attached hydrogens (tertiary/aromatic N) is 1. The van der Waals surface area contributed by atoms with Crippen molar-refractivity contribution < 1.29 is 22.4 Å². The van der Waals surface area contributed by atoms with E-state index in [0.29, 0.717) is 48.8 Å². The first kappa shape index (κ1) is 20.4. The number of carbonyl (C=O) groups excluding carboxylic acids is 1. The molecule has 29 heavy (non-hydrogen) atoms. The molecule has 2 aromatic rings. The van der Waals surface area contributed by atoms with Gasteiger partial charge in [0, 0.05) is 30.1 Å². The van der Waals surface area contributed by atoms with E-state index in [2.05, 4.69) is 12.2 Å². The third kappa shape index (κ3) is 3.93. The molecule has 4 rings (SSSR count). The number of fused-ring (bicyclic) bond motifs is 1. The van der Waals surface area contributed by atoms with E-state index in [-0.39, 0.29) is 22.6 Å². The van der Waals surface area contributed by atoms with Crippen molar-refractivity contribution in [1.82, 2.24) is 9.62 Å². The fraction of sp³-hybridized carbons (Fsp3) is 0.571. The number of amides is 1. The number of hydrogen-bond donors (Lipinski definition) is 1. The van der Waals surface area contributed by atoms with Gasteiger partial charge in [0.05, 0.1) is 18.1 Å². The Morgan fingerprint density at radius 1 is 1.17 bits per heavy atom. The average molecular weight is 421 g/mol. The maximum Gasteiger partial charge on any atom is 0.287 e. The largest absolute Gasteiger partial charge is 0.451 e. The summed E-state index contributed by atoms with van der Waals surface area (Å²) in [5.74, 6) is 0.483. The third-order valence-corrected chi connectivity index (χ3v) is 8.04. The van der Waals surface area contributed by atoms with E-state index in [1.54, 1.807) is 25.1 Å². The predicted molar refractivity (Wildman–Crippen MR) is 109 cm³/mol. The Hall–Kier alpha value is -1.90. The van der Waals surface area contributed by atoms with Crippen LogP contribution in [-0.4, -0.2) is 51.0 Å². The summed E-state index contributed by atoms with van der Waals surface area (Å²) in [5, 5.41) is 3.76. The van der Waals surface area contributed by atoms with Gasteiger partial charge in [0.2, 0.25) is 10.0 Å². The first-order valence-corrected chi connectivity index (χ1v) is 11.7. The van der Waals surface area contributed by atoms with Gasteiger partial charge in [-0.3, -0.25) is 4.79 Å². The van der Waals surface area contributed by atoms with Gasteiger partial charge in [-0.1, -0.05) is 19.8 Å². The number of hydrogen-bond acceptors (Lipinski definition) is 5. The molecule has 158 valence electrons. The maximum absolute atomic E-state index is 12.9. The normalized spacial score (nSPS) is 23.9. The lowest BCUT2D eigenvalue weighted by atomic mass is 9.86. The van der Waals surface area contributed by atoms with E-state index < -0.39 is 10.0 Å². The molecule has 0 radical (unpaired) electrons. The molecule has 1 aromatic carbocycles. The fourth-order valence-electron chi connectivity index (χ4n) is 4.28. The van der Waals surface area contributed by atoms with Crippen LogP contribution in [0.2, 0.25) is 0 Å². The smallest absolute Gasteiger partial charge is 0.287 e. The predicted octanol–water partition coefficient (Wildman–Crippen LogP) is 3.07. The quantitative estimate of drug-likeness (QED) is 0.821. The van der Waals surface area contributed by atoms with Crippen molar-refractivity contribution in [3.05, 3.63) is 29.5 Å². The molecular weight excluding hydrogens is 392 g/mol. The van der Waals surface area contributed by atoms with Crippen molar-refractivity contribution in [2.24, 2.45) is 5.92 Å². The maximum atomic E-state index is 12.9. The van der Waals surface area contributed by atoms with Crippen LogP contribution >= 0.6 is 0 Å². The summed E-state index contributed by atoms with van der Waals surface area (Å²) < 4.78 is 38.4. The van der Waals surface area contributed by atoms with Gasteiger partial charge in [0.25, 0.3) is 5.91 Å². The van der Waals surface area contributed by atoms with Gasteiger partial charge in [0.1, 0.15) is 5.58 Å². The second-order valence-electron chi connectivity index (χ2n) is 8.07. The van der Waals surface area contributed by atoms with Gasteiger partial charge in [-0.2, -0.15) is 4.31 Å². The number of rotatable bonds is 4. The Kier molecular flexibility index (Phi) is 5.68. The van der Waals surface area contributed by atoms with Crippen LogP contribution in [0.5, 0.6) is 0 Å². The standard InChI is InChI=1S/C21H28N2O5S/c1-14-5-3-4-6-18(14)22-21(24)20-15(2)17-13-16(7-8-19(17)28-20)29(25,26)23-9-11-27-12-10-23/h7-8,13-14,18H,3-6,9-12H2,1-2H3,(H,22,24)/t14-,18-/m0/s1. The van der Waals surface area contributed by atoms with Crippen molar-refractivity contribution >= 4 is 26.9 Å². The zero-order valence-electron chi connectivity index (χ0n) is 16.9. The molecule has 0 bridgehead atoms. The summed E-state index contributed by atoms with van der Waals surface area (Å²) in [6.45, 7) is 5.46. The summed E-state index contributed by atoms with van der Waals surface area (Å²) in [5.41, 5.74) is 1.19. The van der Waals surface area contributed by atoms with Crippen molar-refractivity contribution in [3.8, 4) is 0 Å². The van der Waals surface area contributed by atoms with E-state index >= 15 is 0 Å². The fourth-order valence-corrected chi connectivity index (χ4v) is 5.71. The number of morpholine rings is 1. The highest BCUT2D eigenvalue weighted by Crippen LogP contribution is 2.30. The van der Waals surface area contributed by atoms with Crippen LogP contribution < -0.4 is 5.32 Å². The molecule has 1 aliphatic carbocycles. The molecule has 1 saturated heterocycles. The third-order valence-electron chi connectivity index (χ3n) is 6.15. The number of benzene rings is 1. The molecule has 1 aliphatic heterocycles. The zero-order chi connectivity index (χ0) is 20.6. The van der Waals surface area contributed by atoms with E-state index in [1.165, 1.54) is 10.7 Å². The Labute approximate surface area is 171 Å². The molecular formula is C21H28N2O5S. The number of nitrogens with one attached hydrogen (secondary N) is 1. The summed E-state index contributed by atoms with van der Waals surface area (Å²) >= 11 is 0. The Morgan fingerprint density at radius 2 is 1.90 bits per heavy atom. The molecule has 1 saturated carbocycles. The summed E-state index contributed by atoms with van der Waals surface area (Å²) in [4.78, 5) is 13.0. The van der Waals surface area contributed by atoms with Crippen LogP contribution in [-0.2, 0) is 14.8 Å². The van der Waals surface area contributed by atoms with E-state index in [9.17, 15) is 13.2 Å². The molecule has 0 spiro atoms. The minimum atomic E-state index is -3.60. The van der Waals surface area contributed by atoms with Crippen LogP contribution in [0.25, 0.3) is 11.0 Å². The van der Waals surface area contributed by atoms with Crippen LogP contribution in [0.1, 0.15) is 48.7 Å². The SMILES string of the molecule is Cc1c(C(=O)N[C@H]2CCCC[C@@H]2C)oc2ccc(S(=O)(=O)N3CCOCC3)cc12. The van der Waals surface area contributed by atoms with Gasteiger partial charge in [-0.05, 0) is 43.9 Å². The average Bonchev–Trinajstić information content (AvgIpc) is 3.06. The molecule has 7 nitrogen and oxygen atoms in total. The van der Waals surface area contributed by atoms with E-state index in [1.807, 2.05) is 0 Å². The number of furan rings is 1. The molecule has 2 fully saturated rings. The zero-order valence-corrected chi connectivity index (χ0v) is 17.8. The number of carbonyl (C=O) groups is 1. The van der Waals surface area contributed by atoms with Crippen molar-refractivity contribution in [1.29, 1.82) is 0 Å². The van der Waals surface area contributed by atoms with Gasteiger partial charge in [-0.25, -0.2) is 8.42 Å². The molecule has 2 aliphatic rings. The first-order chi connectivity index (χ1) is 13.9. The van der Waals surface area contributed by atoms with Crippen LogP contribution in [0.15, 0.2) is 27.5 Å². The molecule has 1 aromatic heterocycles. The van der Waals surface area contributed by atoms with E-state index in [0.717, 1.165) is 19.3 Å². The lowest BCUT2D eigenvalue weighted by Crippen LogP contribution is -2.41. The van der Waals surface area contributed by atoms with Gasteiger partial charge in [-0.15, -0.1) is 0 Å². The monoisotopic (exact) mass is 420 g/mol. The molecule has 2 atom stereocenters. The highest BCUT2D eigenvalue weighted by molar-refractivity contribution is 7.89. The van der Waals surface area contributed by atoms with Crippen LogP contribution in [0.3, 0.4) is 0 Å². The molecule has 1 N–H and O–H groups in total. The molecule has 1 amide bonds. The number of sulfonamides is 1. The van der Waals surface area contributed by atoms with Crippen LogP contribution in [0, 0.1) is 12.8 Å². The van der Waals surface area contributed by atoms with Crippen molar-refractivity contribution in [2.75, 3.05) is 26.3 Å². The minimum absolute atomic E-state index is 0.154. The van der Waals surface area contributed by atoms with Crippen molar-refractivity contribution in [2.45, 2.75) is 50.5 Å². The lowest BCUT2D eigenvalue weighted by Gasteiger charge is -2.29. The minimum Gasteiger partial charge on any atom is -0.451 e. The topological polar surface area (TPSA) is 88.8 Å². The summed E-state index contributed by atoms with van der Waals surface area (Å²) in [6.07, 6.45) is 4.43. The molecule has 2 heterocycles. The van der Waals surface area contributed by atoms with Gasteiger partial charge < -0.3 is 14.5 Å². The highest BCUT2D eigenvalue weighted by Gasteiger charge is 2.29. The molecule has 0 unspecified atom stereocenters. The Morgan fingerprint density at radius 3 is 2.62 bits per heavy atom. The van der Waals surface area contributed by atoms with Crippen LogP contribution in [0.4, 0.5) is 0 Å². The van der Waals surface area contributed by atoms with Crippen molar-refractivity contribution in [3.63, 3.8) is 0 Å². The lowest BCUT2D eigenvalue weighted by molar-refractivity contribution is 0.0730. The van der Waals surface area contributed by atoms with Gasteiger partial charge in [0.15, 0.2) is 5.76 Å². The number of aryl methyl sites for hydroxylation is 1.